The number of halogens is 1. The fourth-order valence-electron chi connectivity index (χ4n) is 4.14. The summed E-state index contributed by atoms with van der Waals surface area (Å²) in [6, 6.07) is 11.6. The topological polar surface area (TPSA) is 49.9 Å². The second kappa shape index (κ2) is 11.1. The van der Waals surface area contributed by atoms with Crippen LogP contribution in [0.25, 0.3) is 0 Å². The van der Waals surface area contributed by atoms with E-state index < -0.39 is 5.82 Å². The largest absolute Gasteiger partial charge is 0.488 e. The van der Waals surface area contributed by atoms with E-state index in [0.29, 0.717) is 18.0 Å². The molecule has 180 valence electrons. The highest BCUT2D eigenvalue weighted by Crippen LogP contribution is 2.34. The lowest BCUT2D eigenvalue weighted by Crippen LogP contribution is -2.48. The molecule has 34 heavy (non-hydrogen) atoms. The van der Waals surface area contributed by atoms with Gasteiger partial charge in [-0.2, -0.15) is 0 Å². The van der Waals surface area contributed by atoms with Gasteiger partial charge in [-0.25, -0.2) is 4.39 Å². The van der Waals surface area contributed by atoms with Crippen LogP contribution in [0.15, 0.2) is 53.2 Å². The minimum Gasteiger partial charge on any atom is -0.488 e. The van der Waals surface area contributed by atoms with Gasteiger partial charge in [0.2, 0.25) is 5.91 Å². The van der Waals surface area contributed by atoms with Crippen LogP contribution in [-0.2, 0) is 11.2 Å². The lowest BCUT2D eigenvalue weighted by atomic mass is 10.00. The quantitative estimate of drug-likeness (QED) is 0.382. The molecule has 5 nitrogen and oxygen atoms in total. The zero-order valence-electron chi connectivity index (χ0n) is 19.4. The molecule has 0 fully saturated rings. The highest BCUT2D eigenvalue weighted by molar-refractivity contribution is 7.12. The van der Waals surface area contributed by atoms with E-state index in [1.54, 1.807) is 45.4 Å². The van der Waals surface area contributed by atoms with Crippen LogP contribution in [0.3, 0.4) is 0 Å². The lowest BCUT2D eigenvalue weighted by Gasteiger charge is -2.37. The first-order chi connectivity index (χ1) is 16.5. The molecule has 0 spiro atoms. The molecule has 3 heterocycles. The zero-order valence-corrected chi connectivity index (χ0v) is 21.0. The standard InChI is InChI=1S/C26H29FN2O3S2/c1-3-18(2)15-28(26(31)24-9-6-13-33-24)16-25(30)29-12-10-23-19(11-14-34-23)21(29)17-32-22-8-5-4-7-20(22)27/h4-9,11,13-14,18,21H,3,10,12,15-17H2,1-2H3/t18-,21-/m0/s1. The molecule has 0 saturated carbocycles. The van der Waals surface area contributed by atoms with Gasteiger partial charge in [0, 0.05) is 18.0 Å². The molecule has 3 aromatic rings. The van der Waals surface area contributed by atoms with Gasteiger partial charge in [0.05, 0.1) is 10.9 Å². The Hall–Kier alpha value is -2.71. The van der Waals surface area contributed by atoms with Crippen molar-refractivity contribution in [1.82, 2.24) is 9.80 Å². The first-order valence-electron chi connectivity index (χ1n) is 11.5. The average Bonchev–Trinajstić information content (AvgIpc) is 3.54. The molecule has 4 rings (SSSR count). The number of carbonyl (C=O) groups is 2. The Morgan fingerprint density at radius 2 is 2.00 bits per heavy atom. The Morgan fingerprint density at radius 3 is 2.74 bits per heavy atom. The van der Waals surface area contributed by atoms with Gasteiger partial charge in [0.1, 0.15) is 13.2 Å². The van der Waals surface area contributed by atoms with Crippen molar-refractivity contribution < 1.29 is 18.7 Å². The van der Waals surface area contributed by atoms with Crippen molar-refractivity contribution in [2.45, 2.75) is 32.7 Å². The molecule has 2 aromatic heterocycles. The molecule has 1 aliphatic rings. The summed E-state index contributed by atoms with van der Waals surface area (Å²) in [5, 5.41) is 3.89. The number of benzene rings is 1. The van der Waals surface area contributed by atoms with Crippen molar-refractivity contribution >= 4 is 34.5 Å². The zero-order chi connectivity index (χ0) is 24.1. The van der Waals surface area contributed by atoms with Crippen molar-refractivity contribution in [1.29, 1.82) is 0 Å². The van der Waals surface area contributed by atoms with Crippen LogP contribution in [0.4, 0.5) is 4.39 Å². The van der Waals surface area contributed by atoms with E-state index in [1.165, 1.54) is 22.3 Å². The predicted octanol–water partition coefficient (Wildman–Crippen LogP) is 5.64. The summed E-state index contributed by atoms with van der Waals surface area (Å²) in [4.78, 5) is 32.1. The predicted molar refractivity (Wildman–Crippen MR) is 134 cm³/mol. The SMILES string of the molecule is CC[C@H](C)CN(CC(=O)N1CCc2sccc2[C@@H]1COc1ccccc1F)C(=O)c1cccs1. The highest BCUT2D eigenvalue weighted by atomic mass is 32.1. The Bertz CT molecular complexity index is 1110. The molecular formula is C26H29FN2O3S2. The Balaban J connectivity index is 1.54. The van der Waals surface area contributed by atoms with Gasteiger partial charge in [-0.05, 0) is 52.9 Å². The maximum absolute atomic E-state index is 14.1. The van der Waals surface area contributed by atoms with E-state index in [9.17, 15) is 14.0 Å². The minimum atomic E-state index is -0.428. The van der Waals surface area contributed by atoms with E-state index in [1.807, 2.05) is 22.9 Å². The number of fused-ring (bicyclic) bond motifs is 1. The third-order valence-electron chi connectivity index (χ3n) is 6.22. The normalized spacial score (nSPS) is 16.1. The van der Waals surface area contributed by atoms with Crippen LogP contribution in [0, 0.1) is 11.7 Å². The fraction of sp³-hybridized carbons (Fsp3) is 0.385. The maximum Gasteiger partial charge on any atom is 0.264 e. The van der Waals surface area contributed by atoms with Gasteiger partial charge in [-0.1, -0.05) is 38.5 Å². The van der Waals surface area contributed by atoms with E-state index in [-0.39, 0.29) is 42.7 Å². The monoisotopic (exact) mass is 500 g/mol. The lowest BCUT2D eigenvalue weighted by molar-refractivity contribution is -0.135. The second-order valence-electron chi connectivity index (χ2n) is 8.57. The first-order valence-corrected chi connectivity index (χ1v) is 13.3. The summed E-state index contributed by atoms with van der Waals surface area (Å²) in [5.74, 6) is -0.212. The summed E-state index contributed by atoms with van der Waals surface area (Å²) >= 11 is 3.05. The summed E-state index contributed by atoms with van der Waals surface area (Å²) in [6.07, 6.45) is 1.68. The molecular weight excluding hydrogens is 471 g/mol. The van der Waals surface area contributed by atoms with Crippen LogP contribution in [0.2, 0.25) is 0 Å². The molecule has 1 aromatic carbocycles. The van der Waals surface area contributed by atoms with E-state index >= 15 is 0 Å². The number of hydrogen-bond acceptors (Lipinski definition) is 5. The fourth-order valence-corrected chi connectivity index (χ4v) is 5.76. The number of amides is 2. The number of hydrogen-bond donors (Lipinski definition) is 0. The van der Waals surface area contributed by atoms with E-state index in [2.05, 4.69) is 13.8 Å². The molecule has 2 atom stereocenters. The second-order valence-corrected chi connectivity index (χ2v) is 10.5. The van der Waals surface area contributed by atoms with Gasteiger partial charge in [0.15, 0.2) is 11.6 Å². The summed E-state index contributed by atoms with van der Waals surface area (Å²) < 4.78 is 20.0. The van der Waals surface area contributed by atoms with Crippen LogP contribution >= 0.6 is 22.7 Å². The number of thiophene rings is 2. The number of ether oxygens (including phenoxy) is 1. The maximum atomic E-state index is 14.1. The van der Waals surface area contributed by atoms with Crippen molar-refractivity contribution in [2.75, 3.05) is 26.2 Å². The summed E-state index contributed by atoms with van der Waals surface area (Å²) in [7, 11) is 0. The molecule has 0 saturated heterocycles. The molecule has 0 unspecified atom stereocenters. The average molecular weight is 501 g/mol. The van der Waals surface area contributed by atoms with Gasteiger partial charge in [-0.3, -0.25) is 9.59 Å². The minimum absolute atomic E-state index is 0.0107. The van der Waals surface area contributed by atoms with Crippen molar-refractivity contribution in [2.24, 2.45) is 5.92 Å². The van der Waals surface area contributed by atoms with E-state index in [4.69, 9.17) is 4.74 Å². The third-order valence-corrected chi connectivity index (χ3v) is 8.08. The Morgan fingerprint density at radius 1 is 1.18 bits per heavy atom. The van der Waals surface area contributed by atoms with Crippen LogP contribution in [0.1, 0.15) is 46.4 Å². The van der Waals surface area contributed by atoms with Crippen LogP contribution in [-0.4, -0.2) is 47.9 Å². The number of para-hydroxylation sites is 1. The van der Waals surface area contributed by atoms with Crippen molar-refractivity contribution in [3.8, 4) is 5.75 Å². The highest BCUT2D eigenvalue weighted by Gasteiger charge is 2.34. The molecule has 1 aliphatic heterocycles. The van der Waals surface area contributed by atoms with Gasteiger partial charge in [-0.15, -0.1) is 22.7 Å². The van der Waals surface area contributed by atoms with Crippen molar-refractivity contribution in [3.05, 3.63) is 74.4 Å². The van der Waals surface area contributed by atoms with E-state index in [0.717, 1.165) is 18.4 Å². The summed E-state index contributed by atoms with van der Waals surface area (Å²) in [6.45, 7) is 5.40. The van der Waals surface area contributed by atoms with Gasteiger partial charge < -0.3 is 14.5 Å². The Labute approximate surface area is 207 Å². The third kappa shape index (κ3) is 5.50. The molecule has 8 heteroatoms. The number of rotatable bonds is 9. The Kier molecular flexibility index (Phi) is 8.00. The van der Waals surface area contributed by atoms with Crippen LogP contribution < -0.4 is 4.74 Å². The molecule has 2 amide bonds. The first kappa shape index (κ1) is 24.4. The molecule has 0 N–H and O–H groups in total. The van der Waals surface area contributed by atoms with Crippen LogP contribution in [0.5, 0.6) is 5.75 Å². The number of nitrogens with zero attached hydrogens (tertiary/aromatic N) is 2. The number of carbonyl (C=O) groups excluding carboxylic acids is 2. The summed E-state index contributed by atoms with van der Waals surface area (Å²) in [5.41, 5.74) is 1.04. The van der Waals surface area contributed by atoms with Gasteiger partial charge >= 0.3 is 0 Å². The smallest absolute Gasteiger partial charge is 0.264 e. The molecule has 0 bridgehead atoms. The molecule has 0 aliphatic carbocycles. The molecule has 0 radical (unpaired) electrons. The van der Waals surface area contributed by atoms with Gasteiger partial charge in [0.25, 0.3) is 5.91 Å². The van der Waals surface area contributed by atoms with Crippen molar-refractivity contribution in [3.63, 3.8) is 0 Å².